The van der Waals surface area contributed by atoms with Crippen molar-refractivity contribution in [3.63, 3.8) is 0 Å². The number of benzene rings is 2. The van der Waals surface area contributed by atoms with Gasteiger partial charge in [0.1, 0.15) is 0 Å². The fourth-order valence-corrected chi connectivity index (χ4v) is 3.12. The van der Waals surface area contributed by atoms with Crippen molar-refractivity contribution in [2.45, 2.75) is 24.2 Å². The number of hydrogen-bond acceptors (Lipinski definition) is 3. The van der Waals surface area contributed by atoms with Crippen LogP contribution in [0.2, 0.25) is 5.02 Å². The summed E-state index contributed by atoms with van der Waals surface area (Å²) in [5.74, 6) is -0.502. The first-order chi connectivity index (χ1) is 10.5. The highest BCUT2D eigenvalue weighted by Crippen LogP contribution is 2.12. The summed E-state index contributed by atoms with van der Waals surface area (Å²) in [4.78, 5) is 11.8. The van der Waals surface area contributed by atoms with Gasteiger partial charge in [0.15, 0.2) is 0 Å². The molecule has 0 aliphatic carbocycles. The Morgan fingerprint density at radius 3 is 2.27 bits per heavy atom. The molecule has 0 saturated heterocycles. The molecule has 6 heteroatoms. The average Bonchev–Trinajstić information content (AvgIpc) is 2.50. The van der Waals surface area contributed by atoms with E-state index in [-0.39, 0.29) is 11.3 Å². The van der Waals surface area contributed by atoms with Crippen molar-refractivity contribution in [1.29, 1.82) is 0 Å². The summed E-state index contributed by atoms with van der Waals surface area (Å²) < 4.78 is 26.0. The summed E-state index contributed by atoms with van der Waals surface area (Å²) in [6, 6.07) is 15.2. The second kappa shape index (κ2) is 7.42. The number of aryl methyl sites for hydroxylation is 1. The number of carbonyl (C=O) groups excluding carboxylic acids is 1. The summed E-state index contributed by atoms with van der Waals surface area (Å²) in [6.07, 6.45) is 1.41. The van der Waals surface area contributed by atoms with Crippen LogP contribution in [-0.4, -0.2) is 14.3 Å². The Balaban J connectivity index is 1.84. The van der Waals surface area contributed by atoms with Gasteiger partial charge in [0.25, 0.3) is 10.0 Å². The molecule has 2 aromatic rings. The van der Waals surface area contributed by atoms with Crippen molar-refractivity contribution in [1.82, 2.24) is 4.72 Å². The van der Waals surface area contributed by atoms with Crippen molar-refractivity contribution in [3.05, 3.63) is 65.2 Å². The van der Waals surface area contributed by atoms with Gasteiger partial charge in [0, 0.05) is 11.4 Å². The number of sulfonamides is 1. The molecular formula is C16H16ClNO3S. The zero-order chi connectivity index (χ0) is 16.0. The van der Waals surface area contributed by atoms with Crippen LogP contribution in [0, 0.1) is 0 Å². The molecule has 1 amide bonds. The zero-order valence-electron chi connectivity index (χ0n) is 11.8. The lowest BCUT2D eigenvalue weighted by Crippen LogP contribution is -2.30. The van der Waals surface area contributed by atoms with Crippen LogP contribution < -0.4 is 4.72 Å². The number of amides is 1. The highest BCUT2D eigenvalue weighted by Gasteiger charge is 2.16. The van der Waals surface area contributed by atoms with E-state index in [1.165, 1.54) is 12.1 Å². The van der Waals surface area contributed by atoms with Gasteiger partial charge in [-0.15, -0.1) is 0 Å². The second-order valence-electron chi connectivity index (χ2n) is 4.82. The third kappa shape index (κ3) is 4.86. The van der Waals surface area contributed by atoms with Gasteiger partial charge in [-0.25, -0.2) is 13.1 Å². The van der Waals surface area contributed by atoms with Crippen molar-refractivity contribution >= 4 is 27.5 Å². The van der Waals surface area contributed by atoms with Crippen molar-refractivity contribution in [2.24, 2.45) is 0 Å². The van der Waals surface area contributed by atoms with Gasteiger partial charge in [-0.2, -0.15) is 0 Å². The number of rotatable bonds is 6. The predicted molar refractivity (Wildman–Crippen MR) is 86.2 cm³/mol. The van der Waals surface area contributed by atoms with E-state index in [1.807, 2.05) is 12.1 Å². The molecule has 1 N–H and O–H groups in total. The molecular weight excluding hydrogens is 322 g/mol. The molecule has 0 bridgehead atoms. The van der Waals surface area contributed by atoms with Crippen LogP contribution in [0.1, 0.15) is 18.4 Å². The number of nitrogens with one attached hydrogen (secondary N) is 1. The Morgan fingerprint density at radius 1 is 1.00 bits per heavy atom. The minimum absolute atomic E-state index is 0.0843. The molecule has 22 heavy (non-hydrogen) atoms. The van der Waals surface area contributed by atoms with Crippen LogP contribution in [0.25, 0.3) is 0 Å². The molecule has 0 aromatic heterocycles. The lowest BCUT2D eigenvalue weighted by atomic mass is 10.1. The van der Waals surface area contributed by atoms with Crippen LogP contribution >= 0.6 is 11.6 Å². The predicted octanol–water partition coefficient (Wildman–Crippen LogP) is 3.17. The van der Waals surface area contributed by atoms with Crippen LogP contribution in [-0.2, 0) is 21.2 Å². The Kier molecular flexibility index (Phi) is 5.57. The summed E-state index contributed by atoms with van der Waals surface area (Å²) in [5, 5.41) is 0.662. The fourth-order valence-electron chi connectivity index (χ4n) is 1.96. The first-order valence-corrected chi connectivity index (χ1v) is 8.68. The molecule has 0 spiro atoms. The van der Waals surface area contributed by atoms with Gasteiger partial charge in [-0.05, 0) is 42.7 Å². The van der Waals surface area contributed by atoms with E-state index in [9.17, 15) is 13.2 Å². The lowest BCUT2D eigenvalue weighted by molar-refractivity contribution is -0.119. The second-order valence-corrected chi connectivity index (χ2v) is 6.94. The fraction of sp³-hybridized carbons (Fsp3) is 0.188. The minimum Gasteiger partial charge on any atom is -0.274 e. The molecule has 0 aliphatic heterocycles. The van der Waals surface area contributed by atoms with Crippen molar-refractivity contribution in [3.8, 4) is 0 Å². The van der Waals surface area contributed by atoms with Gasteiger partial charge in [-0.1, -0.05) is 41.9 Å². The topological polar surface area (TPSA) is 63.2 Å². The van der Waals surface area contributed by atoms with Crippen LogP contribution in [0.15, 0.2) is 59.5 Å². The van der Waals surface area contributed by atoms with E-state index in [4.69, 9.17) is 11.6 Å². The van der Waals surface area contributed by atoms with Gasteiger partial charge in [0.2, 0.25) is 5.91 Å². The molecule has 0 radical (unpaired) electrons. The molecule has 0 unspecified atom stereocenters. The summed E-state index contributed by atoms with van der Waals surface area (Å²) in [5.41, 5.74) is 1.06. The first-order valence-electron chi connectivity index (χ1n) is 6.82. The molecule has 116 valence electrons. The standard InChI is InChI=1S/C16H16ClNO3S/c17-14-11-9-13(10-12-14)5-4-8-16(19)18-22(20,21)15-6-2-1-3-7-15/h1-3,6-7,9-12H,4-5,8H2,(H,18,19). The lowest BCUT2D eigenvalue weighted by Gasteiger charge is -2.07. The van der Waals surface area contributed by atoms with Gasteiger partial charge in [-0.3, -0.25) is 4.79 Å². The number of carbonyl (C=O) groups is 1. The van der Waals surface area contributed by atoms with Crippen molar-refractivity contribution in [2.75, 3.05) is 0 Å². The average molecular weight is 338 g/mol. The maximum atomic E-state index is 12.0. The normalized spacial score (nSPS) is 11.1. The molecule has 2 rings (SSSR count). The Bertz CT molecular complexity index is 728. The van der Waals surface area contributed by atoms with E-state index in [1.54, 1.807) is 30.3 Å². The largest absolute Gasteiger partial charge is 0.274 e. The van der Waals surface area contributed by atoms with E-state index >= 15 is 0 Å². The first kappa shape index (κ1) is 16.5. The molecule has 0 saturated carbocycles. The molecule has 2 aromatic carbocycles. The molecule has 0 heterocycles. The maximum absolute atomic E-state index is 12.0. The van der Waals surface area contributed by atoms with Crippen molar-refractivity contribution < 1.29 is 13.2 Å². The number of hydrogen-bond donors (Lipinski definition) is 1. The van der Waals surface area contributed by atoms with Crippen LogP contribution in [0.5, 0.6) is 0 Å². The van der Waals surface area contributed by atoms with Gasteiger partial charge >= 0.3 is 0 Å². The quantitative estimate of drug-likeness (QED) is 0.880. The highest BCUT2D eigenvalue weighted by atomic mass is 35.5. The maximum Gasteiger partial charge on any atom is 0.264 e. The third-order valence-corrected chi connectivity index (χ3v) is 4.73. The van der Waals surface area contributed by atoms with Crippen LogP contribution in [0.3, 0.4) is 0 Å². The van der Waals surface area contributed by atoms with E-state index in [2.05, 4.69) is 4.72 Å². The SMILES string of the molecule is O=C(CCCc1ccc(Cl)cc1)NS(=O)(=O)c1ccccc1. The highest BCUT2D eigenvalue weighted by molar-refractivity contribution is 7.90. The molecule has 0 aliphatic rings. The monoisotopic (exact) mass is 337 g/mol. The zero-order valence-corrected chi connectivity index (χ0v) is 13.4. The summed E-state index contributed by atoms with van der Waals surface area (Å²) in [7, 11) is -3.78. The minimum atomic E-state index is -3.78. The Morgan fingerprint density at radius 2 is 1.64 bits per heavy atom. The molecule has 0 atom stereocenters. The molecule has 0 fully saturated rings. The van der Waals surface area contributed by atoms with E-state index in [0.717, 1.165) is 5.56 Å². The summed E-state index contributed by atoms with van der Waals surface area (Å²) >= 11 is 5.80. The Labute approximate surface area is 135 Å². The smallest absolute Gasteiger partial charge is 0.264 e. The Hall–Kier alpha value is -1.85. The van der Waals surface area contributed by atoms with E-state index in [0.29, 0.717) is 17.9 Å². The van der Waals surface area contributed by atoms with Crippen LogP contribution in [0.4, 0.5) is 0 Å². The summed E-state index contributed by atoms with van der Waals surface area (Å²) in [6.45, 7) is 0. The van der Waals surface area contributed by atoms with E-state index < -0.39 is 15.9 Å². The number of halogens is 1. The van der Waals surface area contributed by atoms with Gasteiger partial charge < -0.3 is 0 Å². The molecule has 4 nitrogen and oxygen atoms in total. The third-order valence-electron chi connectivity index (χ3n) is 3.08. The van der Waals surface area contributed by atoms with Gasteiger partial charge in [0.05, 0.1) is 4.90 Å².